The first-order valence-electron chi connectivity index (χ1n) is 22.8. The number of carbonyl (C=O) groups excluding carboxylic acids is 2. The quantitative estimate of drug-likeness (QED) is 0.0269. The van der Waals surface area contributed by atoms with Crippen LogP contribution in [0.25, 0.3) is 0 Å². The van der Waals surface area contributed by atoms with Crippen molar-refractivity contribution in [1.82, 2.24) is 4.90 Å². The van der Waals surface area contributed by atoms with Crippen LogP contribution >= 0.6 is 7.92 Å². The van der Waals surface area contributed by atoms with Crippen LogP contribution in [0.4, 0.5) is 0 Å². The largest absolute Gasteiger partial charge is 0.461 e. The van der Waals surface area contributed by atoms with Gasteiger partial charge in [0.2, 0.25) is 0 Å². The van der Waals surface area contributed by atoms with Gasteiger partial charge in [-0.15, -0.1) is 7.92 Å². The predicted molar refractivity (Wildman–Crippen MR) is 235 cm³/mol. The van der Waals surface area contributed by atoms with Crippen molar-refractivity contribution in [2.24, 2.45) is 11.8 Å². The molecular weight excluding hydrogens is 673 g/mol. The van der Waals surface area contributed by atoms with Crippen molar-refractivity contribution in [3.05, 3.63) is 24.3 Å². The molecule has 0 heterocycles. The van der Waals surface area contributed by atoms with Crippen LogP contribution in [0, 0.1) is 11.8 Å². The molecule has 5 nitrogen and oxygen atoms in total. The van der Waals surface area contributed by atoms with Crippen LogP contribution in [-0.4, -0.2) is 69.2 Å². The Hall–Kier alpha value is -1.19. The molecule has 0 aromatic carbocycles. The number of hydrogen-bond donors (Lipinski definition) is 0. The van der Waals surface area contributed by atoms with E-state index < -0.39 is 0 Å². The highest BCUT2D eigenvalue weighted by Gasteiger charge is 2.10. The van der Waals surface area contributed by atoms with Gasteiger partial charge < -0.3 is 14.4 Å². The Morgan fingerprint density at radius 1 is 0.491 bits per heavy atom. The maximum absolute atomic E-state index is 12.2. The van der Waals surface area contributed by atoms with Crippen LogP contribution in [0.3, 0.4) is 0 Å². The van der Waals surface area contributed by atoms with Crippen LogP contribution in [0.5, 0.6) is 0 Å². The van der Waals surface area contributed by atoms with E-state index in [1.54, 1.807) is 0 Å². The van der Waals surface area contributed by atoms with E-state index in [-0.39, 0.29) is 19.9 Å². The van der Waals surface area contributed by atoms with Gasteiger partial charge in [0, 0.05) is 12.8 Å². The smallest absolute Gasteiger partial charge is 0.306 e. The highest BCUT2D eigenvalue weighted by atomic mass is 31.1. The Bertz CT molecular complexity index is 781. The van der Waals surface area contributed by atoms with Crippen molar-refractivity contribution >= 4 is 19.9 Å². The summed E-state index contributed by atoms with van der Waals surface area (Å²) in [5.41, 5.74) is 0. The summed E-state index contributed by atoms with van der Waals surface area (Å²) < 4.78 is 10.9. The van der Waals surface area contributed by atoms with E-state index in [0.29, 0.717) is 26.1 Å². The second kappa shape index (κ2) is 40.5. The molecule has 53 heavy (non-hydrogen) atoms. The molecule has 0 amide bonds. The molecule has 0 saturated heterocycles. The maximum Gasteiger partial charge on any atom is 0.306 e. The highest BCUT2D eigenvalue weighted by molar-refractivity contribution is 7.57. The lowest BCUT2D eigenvalue weighted by Crippen LogP contribution is -2.14. The molecule has 0 aliphatic carbocycles. The number of unbranched alkanes of at least 4 members (excludes halogenated alkanes) is 12. The predicted octanol–water partition coefficient (Wildman–Crippen LogP) is 14.1. The SMILES string of the molecule is CCCCC(C/C=C\COC(=O)CCCCCCCP(CCCCCCCC(=O)OC/C=C\CC(CCCC)CCCC)CCCN(C)C)CCCC. The zero-order valence-electron chi connectivity index (χ0n) is 36.3. The van der Waals surface area contributed by atoms with E-state index in [0.717, 1.165) is 50.4 Å². The topological polar surface area (TPSA) is 55.8 Å². The molecule has 312 valence electrons. The first-order chi connectivity index (χ1) is 25.9. The van der Waals surface area contributed by atoms with E-state index in [2.05, 4.69) is 71.0 Å². The first-order valence-corrected chi connectivity index (χ1v) is 24.7. The molecule has 0 aromatic heterocycles. The van der Waals surface area contributed by atoms with E-state index in [1.807, 2.05) is 0 Å². The minimum absolute atomic E-state index is 0.0422. The molecule has 0 radical (unpaired) electrons. The van der Waals surface area contributed by atoms with Crippen molar-refractivity contribution in [2.75, 3.05) is 52.3 Å². The third-order valence-corrected chi connectivity index (χ3v) is 13.5. The summed E-state index contributed by atoms with van der Waals surface area (Å²) >= 11 is 0. The molecule has 0 aliphatic heterocycles. The molecule has 0 N–H and O–H groups in total. The Kier molecular flexibility index (Phi) is 39.6. The van der Waals surface area contributed by atoms with E-state index >= 15 is 0 Å². The van der Waals surface area contributed by atoms with Crippen LogP contribution in [0.15, 0.2) is 24.3 Å². The number of nitrogens with zero attached hydrogens (tertiary/aromatic N) is 1. The van der Waals surface area contributed by atoms with Crippen molar-refractivity contribution in [1.29, 1.82) is 0 Å². The van der Waals surface area contributed by atoms with Crippen molar-refractivity contribution in [2.45, 2.75) is 201 Å². The third kappa shape index (κ3) is 37.5. The summed E-state index contributed by atoms with van der Waals surface area (Å²) in [7, 11) is 4.47. The number of esters is 2. The van der Waals surface area contributed by atoms with Gasteiger partial charge in [0.25, 0.3) is 0 Å². The van der Waals surface area contributed by atoms with E-state index in [1.165, 1.54) is 147 Å². The van der Waals surface area contributed by atoms with Crippen LogP contribution in [0.2, 0.25) is 0 Å². The normalized spacial score (nSPS) is 12.1. The lowest BCUT2D eigenvalue weighted by Gasteiger charge is -2.19. The van der Waals surface area contributed by atoms with Gasteiger partial charge >= 0.3 is 11.9 Å². The number of rotatable bonds is 40. The van der Waals surface area contributed by atoms with Gasteiger partial charge in [-0.25, -0.2) is 0 Å². The Balaban J connectivity index is 4.07. The Morgan fingerprint density at radius 3 is 1.23 bits per heavy atom. The summed E-state index contributed by atoms with van der Waals surface area (Å²) in [6.07, 6.45) is 44.8. The summed E-state index contributed by atoms with van der Waals surface area (Å²) in [5.74, 6) is 1.48. The fourth-order valence-corrected chi connectivity index (χ4v) is 9.69. The maximum atomic E-state index is 12.2. The lowest BCUT2D eigenvalue weighted by atomic mass is 9.93. The number of carbonyl (C=O) groups is 2. The van der Waals surface area contributed by atoms with Gasteiger partial charge in [0.1, 0.15) is 13.2 Å². The summed E-state index contributed by atoms with van der Waals surface area (Å²) in [4.78, 5) is 26.7. The van der Waals surface area contributed by atoms with Crippen LogP contribution in [-0.2, 0) is 19.1 Å². The van der Waals surface area contributed by atoms with Crippen LogP contribution in [0.1, 0.15) is 201 Å². The molecule has 0 aromatic rings. The molecule has 0 spiro atoms. The molecular formula is C47H90NO4P. The highest BCUT2D eigenvalue weighted by Crippen LogP contribution is 2.39. The zero-order chi connectivity index (χ0) is 39.0. The average Bonchev–Trinajstić information content (AvgIpc) is 3.14. The van der Waals surface area contributed by atoms with Gasteiger partial charge in [0.05, 0.1) is 0 Å². The zero-order valence-corrected chi connectivity index (χ0v) is 37.2. The van der Waals surface area contributed by atoms with E-state index in [4.69, 9.17) is 9.47 Å². The van der Waals surface area contributed by atoms with Gasteiger partial charge in [-0.05, 0) is 95.9 Å². The van der Waals surface area contributed by atoms with Gasteiger partial charge in [-0.2, -0.15) is 0 Å². The molecule has 0 rings (SSSR count). The molecule has 0 bridgehead atoms. The van der Waals surface area contributed by atoms with E-state index in [9.17, 15) is 9.59 Å². The number of ether oxygens (including phenoxy) is 2. The monoisotopic (exact) mass is 764 g/mol. The molecule has 0 fully saturated rings. The Labute approximate surface area is 332 Å². The number of hydrogen-bond acceptors (Lipinski definition) is 5. The minimum atomic E-state index is -0.0422. The molecule has 0 unspecified atom stereocenters. The minimum Gasteiger partial charge on any atom is -0.461 e. The molecule has 0 aliphatic rings. The van der Waals surface area contributed by atoms with Gasteiger partial charge in [-0.3, -0.25) is 9.59 Å². The molecule has 6 heteroatoms. The Morgan fingerprint density at radius 2 is 0.849 bits per heavy atom. The average molecular weight is 764 g/mol. The molecule has 0 saturated carbocycles. The molecule has 0 atom stereocenters. The fraction of sp³-hybridized carbons (Fsp3) is 0.872. The van der Waals surface area contributed by atoms with Gasteiger partial charge in [-0.1, -0.05) is 168 Å². The summed E-state index contributed by atoms with van der Waals surface area (Å²) in [5, 5.41) is 0. The third-order valence-electron chi connectivity index (χ3n) is 10.6. The fourth-order valence-electron chi connectivity index (χ4n) is 7.09. The van der Waals surface area contributed by atoms with Crippen molar-refractivity contribution < 1.29 is 19.1 Å². The summed E-state index contributed by atoms with van der Waals surface area (Å²) in [6.45, 7) is 11.1. The lowest BCUT2D eigenvalue weighted by molar-refractivity contribution is -0.143. The standard InChI is InChI=1S/C47H90NO4P/c1-7-11-30-44(31-12-8-2)34-23-25-39-51-46(49)36-21-17-15-19-27-41-53(43-29-38-48(5)6)42-28-20-16-18-22-37-47(50)52-40-26-24-35-45(32-13-9-3)33-14-10-4/h23-26,44-45H,7-22,27-43H2,1-6H3/b25-23-,26-24-. The van der Waals surface area contributed by atoms with Crippen molar-refractivity contribution in [3.8, 4) is 0 Å². The second-order valence-corrected chi connectivity index (χ2v) is 18.8. The van der Waals surface area contributed by atoms with Crippen molar-refractivity contribution in [3.63, 3.8) is 0 Å². The van der Waals surface area contributed by atoms with Gasteiger partial charge in [0.15, 0.2) is 0 Å². The van der Waals surface area contributed by atoms with Crippen LogP contribution < -0.4 is 0 Å². The summed E-state index contributed by atoms with van der Waals surface area (Å²) in [6, 6.07) is 0. The second-order valence-electron chi connectivity index (χ2n) is 16.1. The first kappa shape index (κ1) is 51.8. The number of allylic oxidation sites excluding steroid dienone is 2.